The minimum atomic E-state index is -0.426. The van der Waals surface area contributed by atoms with E-state index in [9.17, 15) is 10.1 Å². The number of benzene rings is 1. The summed E-state index contributed by atoms with van der Waals surface area (Å²) in [6.45, 7) is 3.72. The molecule has 0 amide bonds. The topological polar surface area (TPSA) is 76.4 Å². The predicted octanol–water partition coefficient (Wildman–Crippen LogP) is 1.87. The van der Waals surface area contributed by atoms with E-state index in [2.05, 4.69) is 17.6 Å². The molecule has 6 nitrogen and oxygen atoms in total. The van der Waals surface area contributed by atoms with Crippen molar-refractivity contribution in [1.29, 1.82) is 0 Å². The maximum atomic E-state index is 10.8. The zero-order valence-corrected chi connectivity index (χ0v) is 10.9. The second-order valence-electron chi connectivity index (χ2n) is 4.22. The molecule has 0 saturated carbocycles. The van der Waals surface area contributed by atoms with Gasteiger partial charge in [-0.05, 0) is 19.5 Å². The number of nitro groups is 1. The summed E-state index contributed by atoms with van der Waals surface area (Å²) in [6, 6.07) is 4.66. The molecule has 0 aliphatic heterocycles. The highest BCUT2D eigenvalue weighted by atomic mass is 16.6. The van der Waals surface area contributed by atoms with Gasteiger partial charge in [0.1, 0.15) is 5.75 Å². The van der Waals surface area contributed by atoms with Crippen molar-refractivity contribution in [3.05, 3.63) is 28.3 Å². The van der Waals surface area contributed by atoms with Crippen LogP contribution in [0.2, 0.25) is 0 Å². The first-order valence-electron chi connectivity index (χ1n) is 5.78. The fourth-order valence-corrected chi connectivity index (χ4v) is 1.62. The highest BCUT2D eigenvalue weighted by Crippen LogP contribution is 2.25. The van der Waals surface area contributed by atoms with Crippen LogP contribution >= 0.6 is 0 Å². The average Bonchev–Trinajstić information content (AvgIpc) is 2.36. The summed E-state index contributed by atoms with van der Waals surface area (Å²) in [7, 11) is 3.39. The molecule has 0 aliphatic rings. The Kier molecular flexibility index (Phi) is 5.38. The lowest BCUT2D eigenvalue weighted by atomic mass is 10.1. The molecule has 18 heavy (non-hydrogen) atoms. The lowest BCUT2D eigenvalue weighted by molar-refractivity contribution is -0.384. The first kappa shape index (κ1) is 14.2. The van der Waals surface area contributed by atoms with Gasteiger partial charge in [-0.3, -0.25) is 10.1 Å². The van der Waals surface area contributed by atoms with Crippen LogP contribution in [-0.2, 0) is 0 Å². The largest absolute Gasteiger partial charge is 0.496 e. The molecule has 1 aromatic carbocycles. The maximum absolute atomic E-state index is 10.8. The number of ether oxygens (including phenoxy) is 1. The third-order valence-electron chi connectivity index (χ3n) is 2.55. The zero-order valence-electron chi connectivity index (χ0n) is 10.9. The Morgan fingerprint density at radius 1 is 1.39 bits per heavy atom. The summed E-state index contributed by atoms with van der Waals surface area (Å²) in [5, 5.41) is 17.0. The molecule has 0 radical (unpaired) electrons. The van der Waals surface area contributed by atoms with E-state index in [1.54, 1.807) is 6.07 Å². The van der Waals surface area contributed by atoms with E-state index in [-0.39, 0.29) is 5.69 Å². The molecule has 1 rings (SSSR count). The molecule has 0 saturated heterocycles. The van der Waals surface area contributed by atoms with E-state index >= 15 is 0 Å². The second-order valence-corrected chi connectivity index (χ2v) is 4.22. The first-order chi connectivity index (χ1) is 8.56. The van der Waals surface area contributed by atoms with Crippen molar-refractivity contribution in [1.82, 2.24) is 5.32 Å². The SMILES string of the molecule is CNCC(C)CNc1cc(OC)cc([N+](=O)[O-])c1. The predicted molar refractivity (Wildman–Crippen MR) is 71.2 cm³/mol. The van der Waals surface area contributed by atoms with E-state index < -0.39 is 4.92 Å². The van der Waals surface area contributed by atoms with Gasteiger partial charge in [-0.1, -0.05) is 6.92 Å². The van der Waals surface area contributed by atoms with Crippen LogP contribution < -0.4 is 15.4 Å². The van der Waals surface area contributed by atoms with Crippen molar-refractivity contribution >= 4 is 11.4 Å². The third kappa shape index (κ3) is 4.21. The molecule has 0 bridgehead atoms. The van der Waals surface area contributed by atoms with Crippen molar-refractivity contribution in [2.24, 2.45) is 5.92 Å². The van der Waals surface area contributed by atoms with E-state index in [0.717, 1.165) is 13.1 Å². The number of hydrogen-bond acceptors (Lipinski definition) is 5. The molecular formula is C12H19N3O3. The highest BCUT2D eigenvalue weighted by Gasteiger charge is 2.10. The van der Waals surface area contributed by atoms with Crippen LogP contribution in [0, 0.1) is 16.0 Å². The van der Waals surface area contributed by atoms with Gasteiger partial charge in [-0.25, -0.2) is 0 Å². The van der Waals surface area contributed by atoms with Gasteiger partial charge >= 0.3 is 0 Å². The molecule has 0 heterocycles. The van der Waals surface area contributed by atoms with Crippen LogP contribution in [0.25, 0.3) is 0 Å². The molecule has 1 atom stereocenters. The number of non-ortho nitro benzene ring substituents is 1. The summed E-state index contributed by atoms with van der Waals surface area (Å²) in [6.07, 6.45) is 0. The Balaban J connectivity index is 2.75. The van der Waals surface area contributed by atoms with Gasteiger partial charge in [0.25, 0.3) is 5.69 Å². The molecule has 0 aromatic heterocycles. The minimum absolute atomic E-state index is 0.0260. The van der Waals surface area contributed by atoms with E-state index in [1.165, 1.54) is 19.2 Å². The maximum Gasteiger partial charge on any atom is 0.275 e. The monoisotopic (exact) mass is 253 g/mol. The van der Waals surface area contributed by atoms with Crippen molar-refractivity contribution < 1.29 is 9.66 Å². The molecule has 0 aliphatic carbocycles. The molecule has 100 valence electrons. The summed E-state index contributed by atoms with van der Waals surface area (Å²) in [5.41, 5.74) is 0.724. The molecular weight excluding hydrogens is 234 g/mol. The number of nitrogens with one attached hydrogen (secondary N) is 2. The number of hydrogen-bond donors (Lipinski definition) is 2. The van der Waals surface area contributed by atoms with Crippen molar-refractivity contribution in [2.45, 2.75) is 6.92 Å². The molecule has 1 unspecified atom stereocenters. The Labute approximate surface area is 106 Å². The Morgan fingerprint density at radius 3 is 2.67 bits per heavy atom. The van der Waals surface area contributed by atoms with E-state index in [1.807, 2.05) is 7.05 Å². The van der Waals surface area contributed by atoms with Crippen molar-refractivity contribution in [2.75, 3.05) is 32.6 Å². The lowest BCUT2D eigenvalue weighted by Gasteiger charge is -2.13. The Bertz CT molecular complexity index is 410. The number of rotatable bonds is 7. The van der Waals surface area contributed by atoms with Gasteiger partial charge in [-0.15, -0.1) is 0 Å². The number of nitro benzene ring substituents is 1. The quantitative estimate of drug-likeness (QED) is 0.573. The van der Waals surface area contributed by atoms with Gasteiger partial charge in [0.05, 0.1) is 18.1 Å². The number of methoxy groups -OCH3 is 1. The molecule has 0 fully saturated rings. The van der Waals surface area contributed by atoms with Crippen LogP contribution in [0.5, 0.6) is 5.75 Å². The summed E-state index contributed by atoms with van der Waals surface area (Å²) in [4.78, 5) is 10.3. The zero-order chi connectivity index (χ0) is 13.5. The molecule has 1 aromatic rings. The summed E-state index contributed by atoms with van der Waals surface area (Å²) >= 11 is 0. The van der Waals surface area contributed by atoms with Gasteiger partial charge < -0.3 is 15.4 Å². The van der Waals surface area contributed by atoms with Crippen LogP contribution in [-0.4, -0.2) is 32.2 Å². The van der Waals surface area contributed by atoms with Gasteiger partial charge in [0, 0.05) is 24.4 Å². The Morgan fingerprint density at radius 2 is 2.11 bits per heavy atom. The fourth-order valence-electron chi connectivity index (χ4n) is 1.62. The van der Waals surface area contributed by atoms with Crippen LogP contribution in [0.1, 0.15) is 6.92 Å². The molecule has 0 spiro atoms. The highest BCUT2D eigenvalue weighted by molar-refractivity contribution is 5.56. The van der Waals surface area contributed by atoms with Gasteiger partial charge in [-0.2, -0.15) is 0 Å². The van der Waals surface area contributed by atoms with Crippen molar-refractivity contribution in [3.63, 3.8) is 0 Å². The van der Waals surface area contributed by atoms with Crippen LogP contribution in [0.15, 0.2) is 18.2 Å². The summed E-state index contributed by atoms with van der Waals surface area (Å²) in [5.74, 6) is 0.910. The Hall–Kier alpha value is -1.82. The smallest absolute Gasteiger partial charge is 0.275 e. The van der Waals surface area contributed by atoms with Gasteiger partial charge in [0.2, 0.25) is 0 Å². The standard InChI is InChI=1S/C12H19N3O3/c1-9(7-13-2)8-14-10-4-11(15(16)17)6-12(5-10)18-3/h4-6,9,13-14H,7-8H2,1-3H3. The van der Waals surface area contributed by atoms with Crippen LogP contribution in [0.4, 0.5) is 11.4 Å². The molecule has 2 N–H and O–H groups in total. The lowest BCUT2D eigenvalue weighted by Crippen LogP contribution is -2.22. The third-order valence-corrected chi connectivity index (χ3v) is 2.55. The first-order valence-corrected chi connectivity index (χ1v) is 5.78. The normalized spacial score (nSPS) is 11.9. The summed E-state index contributed by atoms with van der Waals surface area (Å²) < 4.78 is 5.04. The fraction of sp³-hybridized carbons (Fsp3) is 0.500. The number of nitrogens with zero attached hydrogens (tertiary/aromatic N) is 1. The van der Waals surface area contributed by atoms with Gasteiger partial charge in [0.15, 0.2) is 0 Å². The van der Waals surface area contributed by atoms with E-state index in [0.29, 0.717) is 17.4 Å². The van der Waals surface area contributed by atoms with Crippen LogP contribution in [0.3, 0.4) is 0 Å². The van der Waals surface area contributed by atoms with Crippen molar-refractivity contribution in [3.8, 4) is 5.75 Å². The second kappa shape index (κ2) is 6.80. The number of anilines is 1. The molecule has 6 heteroatoms. The minimum Gasteiger partial charge on any atom is -0.496 e. The van der Waals surface area contributed by atoms with E-state index in [4.69, 9.17) is 4.74 Å². The average molecular weight is 253 g/mol.